The third kappa shape index (κ3) is 3.85. The standard InChI is InChI=1S/C18H32N4O2/c1-2-19-18(24)22-13-11-20(12-14-22)16(15-7-3-4-8-15)17(23)21-9-5-6-10-21/h15-16H,2-14H2,1H3,(H,19,24)/t16-/m1/s1. The fraction of sp³-hybridized carbons (Fsp3) is 0.889. The van der Waals surface area contributed by atoms with Crippen molar-refractivity contribution in [3.8, 4) is 0 Å². The molecule has 24 heavy (non-hydrogen) atoms. The molecule has 0 radical (unpaired) electrons. The maximum absolute atomic E-state index is 13.1. The minimum Gasteiger partial charge on any atom is -0.341 e. The smallest absolute Gasteiger partial charge is 0.317 e. The molecule has 0 bridgehead atoms. The predicted octanol–water partition coefficient (Wildman–Crippen LogP) is 1.51. The Hall–Kier alpha value is -1.30. The molecular formula is C18H32N4O2. The fourth-order valence-corrected chi connectivity index (χ4v) is 4.52. The van der Waals surface area contributed by atoms with Crippen LogP contribution >= 0.6 is 0 Å². The predicted molar refractivity (Wildman–Crippen MR) is 93.8 cm³/mol. The van der Waals surface area contributed by atoms with E-state index in [1.54, 1.807) is 0 Å². The Morgan fingerprint density at radius 1 is 0.917 bits per heavy atom. The van der Waals surface area contributed by atoms with Gasteiger partial charge in [-0.25, -0.2) is 4.79 Å². The quantitative estimate of drug-likeness (QED) is 0.847. The monoisotopic (exact) mass is 336 g/mol. The molecule has 1 aliphatic carbocycles. The van der Waals surface area contributed by atoms with Crippen LogP contribution < -0.4 is 5.32 Å². The number of likely N-dealkylation sites (tertiary alicyclic amines) is 1. The number of rotatable bonds is 4. The lowest BCUT2D eigenvalue weighted by Crippen LogP contribution is -2.59. The number of carbonyl (C=O) groups is 2. The van der Waals surface area contributed by atoms with Gasteiger partial charge in [0.1, 0.15) is 0 Å². The number of carbonyl (C=O) groups excluding carboxylic acids is 2. The summed E-state index contributed by atoms with van der Waals surface area (Å²) in [6.45, 7) is 7.55. The van der Waals surface area contributed by atoms with Gasteiger partial charge in [0.2, 0.25) is 5.91 Å². The van der Waals surface area contributed by atoms with E-state index in [-0.39, 0.29) is 12.1 Å². The van der Waals surface area contributed by atoms with E-state index in [2.05, 4.69) is 15.1 Å². The number of amides is 3. The third-order valence-corrected chi connectivity index (χ3v) is 5.84. The van der Waals surface area contributed by atoms with E-state index >= 15 is 0 Å². The second-order valence-corrected chi connectivity index (χ2v) is 7.38. The number of nitrogens with one attached hydrogen (secondary N) is 1. The summed E-state index contributed by atoms with van der Waals surface area (Å²) >= 11 is 0. The van der Waals surface area contributed by atoms with Crippen LogP contribution in [0.3, 0.4) is 0 Å². The summed E-state index contributed by atoms with van der Waals surface area (Å²) < 4.78 is 0. The molecule has 2 heterocycles. The topological polar surface area (TPSA) is 55.9 Å². The van der Waals surface area contributed by atoms with E-state index in [1.165, 1.54) is 25.7 Å². The van der Waals surface area contributed by atoms with Crippen molar-refractivity contribution in [3.05, 3.63) is 0 Å². The summed E-state index contributed by atoms with van der Waals surface area (Å²) in [6.07, 6.45) is 7.17. The molecule has 0 aromatic rings. The summed E-state index contributed by atoms with van der Waals surface area (Å²) in [6, 6.07) is 0.0717. The Morgan fingerprint density at radius 3 is 2.12 bits per heavy atom. The van der Waals surface area contributed by atoms with Crippen molar-refractivity contribution in [1.82, 2.24) is 20.0 Å². The van der Waals surface area contributed by atoms with Crippen molar-refractivity contribution in [1.29, 1.82) is 0 Å². The number of hydrogen-bond donors (Lipinski definition) is 1. The first-order valence-corrected chi connectivity index (χ1v) is 9.76. The first kappa shape index (κ1) is 17.5. The molecule has 2 aliphatic heterocycles. The maximum atomic E-state index is 13.1. The van der Waals surface area contributed by atoms with Crippen molar-refractivity contribution in [2.24, 2.45) is 5.92 Å². The van der Waals surface area contributed by atoms with Crippen LogP contribution in [0.2, 0.25) is 0 Å². The van der Waals surface area contributed by atoms with Gasteiger partial charge >= 0.3 is 6.03 Å². The van der Waals surface area contributed by atoms with Crippen molar-refractivity contribution >= 4 is 11.9 Å². The van der Waals surface area contributed by atoms with Gasteiger partial charge < -0.3 is 15.1 Å². The molecule has 3 aliphatic rings. The summed E-state index contributed by atoms with van der Waals surface area (Å²) in [5.41, 5.74) is 0. The van der Waals surface area contributed by atoms with Crippen LogP contribution in [0.1, 0.15) is 45.4 Å². The van der Waals surface area contributed by atoms with Gasteiger partial charge in [-0.3, -0.25) is 9.69 Å². The van der Waals surface area contributed by atoms with Gasteiger partial charge in [0.15, 0.2) is 0 Å². The normalized spacial score (nSPS) is 24.4. The zero-order valence-electron chi connectivity index (χ0n) is 15.0. The Labute approximate surface area is 145 Å². The van der Waals surface area contributed by atoms with Crippen molar-refractivity contribution in [2.75, 3.05) is 45.8 Å². The van der Waals surface area contributed by atoms with Crippen LogP contribution in [-0.2, 0) is 4.79 Å². The summed E-state index contributed by atoms with van der Waals surface area (Å²) in [4.78, 5) is 31.5. The lowest BCUT2D eigenvalue weighted by Gasteiger charge is -2.41. The average Bonchev–Trinajstić information content (AvgIpc) is 3.30. The van der Waals surface area contributed by atoms with Gasteiger partial charge in [0, 0.05) is 45.8 Å². The Kier molecular flexibility index (Phi) is 5.98. The van der Waals surface area contributed by atoms with Gasteiger partial charge in [0.05, 0.1) is 6.04 Å². The highest BCUT2D eigenvalue weighted by Crippen LogP contribution is 2.32. The van der Waals surface area contributed by atoms with Gasteiger partial charge in [0.25, 0.3) is 0 Å². The molecule has 136 valence electrons. The molecular weight excluding hydrogens is 304 g/mol. The first-order valence-electron chi connectivity index (χ1n) is 9.76. The second-order valence-electron chi connectivity index (χ2n) is 7.38. The van der Waals surface area contributed by atoms with E-state index in [1.807, 2.05) is 11.8 Å². The van der Waals surface area contributed by atoms with Crippen molar-refractivity contribution < 1.29 is 9.59 Å². The number of nitrogens with zero attached hydrogens (tertiary/aromatic N) is 3. The Morgan fingerprint density at radius 2 is 1.54 bits per heavy atom. The molecule has 1 N–H and O–H groups in total. The molecule has 0 unspecified atom stereocenters. The van der Waals surface area contributed by atoms with Crippen LogP contribution in [0.4, 0.5) is 4.79 Å². The molecule has 2 saturated heterocycles. The highest BCUT2D eigenvalue weighted by molar-refractivity contribution is 5.82. The van der Waals surface area contributed by atoms with Crippen LogP contribution in [0, 0.1) is 5.92 Å². The summed E-state index contributed by atoms with van der Waals surface area (Å²) in [5.74, 6) is 0.861. The highest BCUT2D eigenvalue weighted by Gasteiger charge is 2.39. The van der Waals surface area contributed by atoms with Crippen molar-refractivity contribution in [2.45, 2.75) is 51.5 Å². The minimum atomic E-state index is 0.0282. The molecule has 3 fully saturated rings. The third-order valence-electron chi connectivity index (χ3n) is 5.84. The van der Waals surface area contributed by atoms with Gasteiger partial charge in [-0.1, -0.05) is 12.8 Å². The largest absolute Gasteiger partial charge is 0.341 e. The Bertz CT molecular complexity index is 436. The molecule has 0 aromatic heterocycles. The lowest BCUT2D eigenvalue weighted by molar-refractivity contribution is -0.138. The zero-order valence-corrected chi connectivity index (χ0v) is 15.0. The molecule has 0 spiro atoms. The fourth-order valence-electron chi connectivity index (χ4n) is 4.52. The average molecular weight is 336 g/mol. The minimum absolute atomic E-state index is 0.0282. The molecule has 1 saturated carbocycles. The summed E-state index contributed by atoms with van der Waals surface area (Å²) in [7, 11) is 0. The van der Waals surface area contributed by atoms with Crippen LogP contribution in [0.25, 0.3) is 0 Å². The molecule has 3 rings (SSSR count). The van der Waals surface area contributed by atoms with Crippen LogP contribution in [0.5, 0.6) is 0 Å². The molecule has 3 amide bonds. The lowest BCUT2D eigenvalue weighted by atomic mass is 9.94. The van der Waals surface area contributed by atoms with E-state index in [0.29, 0.717) is 18.4 Å². The molecule has 0 aromatic carbocycles. The van der Waals surface area contributed by atoms with E-state index < -0.39 is 0 Å². The van der Waals surface area contributed by atoms with Crippen LogP contribution in [0.15, 0.2) is 0 Å². The second kappa shape index (κ2) is 8.19. The number of piperazine rings is 1. The van der Waals surface area contributed by atoms with E-state index in [9.17, 15) is 9.59 Å². The van der Waals surface area contributed by atoms with Crippen molar-refractivity contribution in [3.63, 3.8) is 0 Å². The summed E-state index contributed by atoms with van der Waals surface area (Å²) in [5, 5.41) is 2.88. The molecule has 1 atom stereocenters. The Balaban J connectivity index is 1.63. The van der Waals surface area contributed by atoms with Gasteiger partial charge in [-0.2, -0.15) is 0 Å². The van der Waals surface area contributed by atoms with Gasteiger partial charge in [-0.05, 0) is 38.5 Å². The zero-order chi connectivity index (χ0) is 16.9. The number of urea groups is 1. The maximum Gasteiger partial charge on any atom is 0.317 e. The molecule has 6 nitrogen and oxygen atoms in total. The van der Waals surface area contributed by atoms with Gasteiger partial charge in [-0.15, -0.1) is 0 Å². The number of hydrogen-bond acceptors (Lipinski definition) is 3. The van der Waals surface area contributed by atoms with Crippen LogP contribution in [-0.4, -0.2) is 78.5 Å². The van der Waals surface area contributed by atoms with E-state index in [0.717, 1.165) is 52.1 Å². The van der Waals surface area contributed by atoms with E-state index in [4.69, 9.17) is 0 Å². The highest BCUT2D eigenvalue weighted by atomic mass is 16.2. The first-order chi connectivity index (χ1) is 11.7. The molecule has 6 heteroatoms. The SMILES string of the molecule is CCNC(=O)N1CCN([C@@H](C(=O)N2CCCC2)C2CCCC2)CC1.